The monoisotopic (exact) mass is 392 g/mol. The van der Waals surface area contributed by atoms with Crippen LogP contribution in [0.15, 0.2) is 16.0 Å². The first-order chi connectivity index (χ1) is 11.6. The molecule has 2 aliphatic rings. The fourth-order valence-corrected chi connectivity index (χ4v) is 4.40. The van der Waals surface area contributed by atoms with E-state index in [4.69, 9.17) is 9.31 Å². The summed E-state index contributed by atoms with van der Waals surface area (Å²) in [6.45, 7) is 12.4. The van der Waals surface area contributed by atoms with Gasteiger partial charge in [-0.2, -0.15) is 0 Å². The van der Waals surface area contributed by atoms with E-state index in [1.165, 1.54) is 6.08 Å². The van der Waals surface area contributed by atoms with E-state index in [2.05, 4.69) is 9.71 Å². The molecule has 0 bridgehead atoms. The van der Waals surface area contributed by atoms with Crippen molar-refractivity contribution in [2.75, 3.05) is 6.54 Å². The number of aliphatic imine (C=N–C) groups is 1. The van der Waals surface area contributed by atoms with Gasteiger partial charge in [0, 0.05) is 17.9 Å². The van der Waals surface area contributed by atoms with Crippen molar-refractivity contribution < 1.29 is 26.5 Å². The molecule has 10 heteroatoms. The number of nitrogens with zero attached hydrogens (tertiary/aromatic N) is 1. The number of rotatable bonds is 4. The second-order valence-corrected chi connectivity index (χ2v) is 10.4. The molecule has 0 aromatic heterocycles. The normalized spacial score (nSPS) is 26.1. The first kappa shape index (κ1) is 21.5. The highest BCUT2D eigenvalue weighted by atomic mass is 32.2. The minimum absolute atomic E-state index is 0.0228. The molecule has 6 nitrogen and oxygen atoms in total. The van der Waals surface area contributed by atoms with Crippen LogP contribution in [0.3, 0.4) is 0 Å². The zero-order chi connectivity index (χ0) is 20.1. The van der Waals surface area contributed by atoms with Gasteiger partial charge in [0.05, 0.1) is 11.2 Å². The Hall–Kier alpha value is -0.835. The van der Waals surface area contributed by atoms with Gasteiger partial charge < -0.3 is 9.31 Å². The van der Waals surface area contributed by atoms with Crippen molar-refractivity contribution in [3.8, 4) is 0 Å². The second-order valence-electron chi connectivity index (χ2n) is 8.70. The molecule has 0 aromatic carbocycles. The Morgan fingerprint density at radius 3 is 2.15 bits per heavy atom. The predicted octanol–water partition coefficient (Wildman–Crippen LogP) is 2.77. The molecule has 148 valence electrons. The van der Waals surface area contributed by atoms with Gasteiger partial charge in [0.25, 0.3) is 6.43 Å². The maximum atomic E-state index is 13.4. The first-order valence-corrected chi connectivity index (χ1v) is 9.98. The smallest absolute Gasteiger partial charge is 0.403 e. The van der Waals surface area contributed by atoms with Crippen LogP contribution >= 0.6 is 0 Å². The quantitative estimate of drug-likeness (QED) is 0.747. The van der Waals surface area contributed by atoms with Crippen molar-refractivity contribution in [2.24, 2.45) is 4.99 Å². The SMILES string of the molecule is CC(C)(C)NS(=O)(=O)C1=CC(B2OC(C)(C)C(C)(C)O2)CN=C1C(F)F. The third kappa shape index (κ3) is 4.35. The minimum Gasteiger partial charge on any atom is -0.403 e. The van der Waals surface area contributed by atoms with Gasteiger partial charge in [-0.1, -0.05) is 6.08 Å². The molecule has 0 spiro atoms. The number of hydrogen-bond donors (Lipinski definition) is 1. The van der Waals surface area contributed by atoms with Crippen LogP contribution in [-0.4, -0.2) is 51.0 Å². The Balaban J connectivity index is 2.38. The molecule has 0 aromatic rings. The van der Waals surface area contributed by atoms with Gasteiger partial charge >= 0.3 is 7.12 Å². The van der Waals surface area contributed by atoms with Crippen LogP contribution in [0.1, 0.15) is 48.5 Å². The Bertz CT molecular complexity index is 711. The fraction of sp³-hybridized carbons (Fsp3) is 0.812. The van der Waals surface area contributed by atoms with Crippen LogP contribution in [-0.2, 0) is 19.3 Å². The molecular formula is C16H27BF2N2O4S. The van der Waals surface area contributed by atoms with Gasteiger partial charge in [-0.3, -0.25) is 4.99 Å². The van der Waals surface area contributed by atoms with E-state index in [1.54, 1.807) is 20.8 Å². The number of allylic oxidation sites excluding steroid dienone is 1. The fourth-order valence-electron chi connectivity index (χ4n) is 2.70. The van der Waals surface area contributed by atoms with E-state index < -0.39 is 56.7 Å². The Kier molecular flexibility index (Phi) is 5.49. The molecule has 0 amide bonds. The van der Waals surface area contributed by atoms with Crippen LogP contribution in [0.25, 0.3) is 0 Å². The second kappa shape index (κ2) is 6.65. The highest BCUT2D eigenvalue weighted by molar-refractivity contribution is 7.94. The van der Waals surface area contributed by atoms with Gasteiger partial charge in [0.15, 0.2) is 0 Å². The molecule has 1 atom stereocenters. The molecule has 0 aliphatic carbocycles. The Labute approximate surface area is 154 Å². The third-order valence-corrected chi connectivity index (χ3v) is 6.45. The number of sulfonamides is 1. The highest BCUT2D eigenvalue weighted by Gasteiger charge is 2.54. The van der Waals surface area contributed by atoms with Crippen molar-refractivity contribution in [1.82, 2.24) is 4.72 Å². The topological polar surface area (TPSA) is 77.0 Å². The van der Waals surface area contributed by atoms with Gasteiger partial charge in [0.1, 0.15) is 10.6 Å². The van der Waals surface area contributed by atoms with E-state index in [0.29, 0.717) is 0 Å². The molecule has 26 heavy (non-hydrogen) atoms. The Morgan fingerprint density at radius 2 is 1.73 bits per heavy atom. The van der Waals surface area contributed by atoms with E-state index >= 15 is 0 Å². The molecular weight excluding hydrogens is 365 g/mol. The van der Waals surface area contributed by atoms with Crippen molar-refractivity contribution >= 4 is 22.9 Å². The summed E-state index contributed by atoms with van der Waals surface area (Å²) in [7, 11) is -4.93. The molecule has 1 unspecified atom stereocenters. The van der Waals surface area contributed by atoms with Crippen LogP contribution in [0, 0.1) is 0 Å². The van der Waals surface area contributed by atoms with Crippen LogP contribution in [0.2, 0.25) is 5.82 Å². The number of hydrogen-bond acceptors (Lipinski definition) is 5. The highest BCUT2D eigenvalue weighted by Crippen LogP contribution is 2.41. The summed E-state index contributed by atoms with van der Waals surface area (Å²) in [6.07, 6.45) is -1.71. The Morgan fingerprint density at radius 1 is 1.23 bits per heavy atom. The summed E-state index contributed by atoms with van der Waals surface area (Å²) >= 11 is 0. The molecule has 0 saturated carbocycles. The average Bonchev–Trinajstić information content (AvgIpc) is 2.64. The largest absolute Gasteiger partial charge is 0.467 e. The van der Waals surface area contributed by atoms with Gasteiger partial charge in [-0.15, -0.1) is 0 Å². The first-order valence-electron chi connectivity index (χ1n) is 8.50. The van der Waals surface area contributed by atoms with E-state index in [0.717, 1.165) is 0 Å². The molecule has 2 aliphatic heterocycles. The maximum Gasteiger partial charge on any atom is 0.467 e. The van der Waals surface area contributed by atoms with Crippen LogP contribution in [0.4, 0.5) is 8.78 Å². The van der Waals surface area contributed by atoms with Crippen molar-refractivity contribution in [1.29, 1.82) is 0 Å². The van der Waals surface area contributed by atoms with Gasteiger partial charge in [0.2, 0.25) is 10.0 Å². The van der Waals surface area contributed by atoms with Crippen molar-refractivity contribution in [3.63, 3.8) is 0 Å². The third-order valence-electron chi connectivity index (χ3n) is 4.65. The standard InChI is InChI=1S/C16H27BF2N2O4S/c1-14(2,3)21-26(22,23)11-8-10(9-20-12(11)13(18)19)17-24-15(4,5)16(6,7)25-17/h8,10,13,21H,9H2,1-7H3. The van der Waals surface area contributed by atoms with Crippen molar-refractivity contribution in [2.45, 2.75) is 77.4 Å². The number of halogens is 2. The summed E-state index contributed by atoms with van der Waals surface area (Å²) in [5, 5.41) is 0. The van der Waals surface area contributed by atoms with Crippen LogP contribution < -0.4 is 4.72 Å². The summed E-state index contributed by atoms with van der Waals surface area (Å²) < 4.78 is 66.3. The summed E-state index contributed by atoms with van der Waals surface area (Å²) in [4.78, 5) is 3.34. The molecule has 2 rings (SSSR count). The molecule has 0 radical (unpaired) electrons. The summed E-state index contributed by atoms with van der Waals surface area (Å²) in [5.74, 6) is -0.579. The van der Waals surface area contributed by atoms with Crippen molar-refractivity contribution in [3.05, 3.63) is 11.0 Å². The molecule has 2 heterocycles. The van der Waals surface area contributed by atoms with Gasteiger partial charge in [-0.25, -0.2) is 21.9 Å². The molecule has 1 N–H and O–H groups in total. The number of nitrogens with one attached hydrogen (secondary N) is 1. The molecule has 1 saturated heterocycles. The summed E-state index contributed by atoms with van der Waals surface area (Å²) in [5.41, 5.74) is -2.76. The van der Waals surface area contributed by atoms with E-state index in [-0.39, 0.29) is 6.54 Å². The summed E-state index contributed by atoms with van der Waals surface area (Å²) in [6, 6.07) is 0. The van der Waals surface area contributed by atoms with E-state index in [9.17, 15) is 17.2 Å². The lowest BCUT2D eigenvalue weighted by Gasteiger charge is -2.32. The lowest BCUT2D eigenvalue weighted by Crippen LogP contribution is -2.44. The lowest BCUT2D eigenvalue weighted by atomic mass is 9.71. The number of alkyl halides is 2. The van der Waals surface area contributed by atoms with E-state index in [1.807, 2.05) is 27.7 Å². The zero-order valence-corrected chi connectivity index (χ0v) is 17.1. The minimum atomic E-state index is -4.17. The number of dihydropyridines is 1. The lowest BCUT2D eigenvalue weighted by molar-refractivity contribution is 0.00578. The zero-order valence-electron chi connectivity index (χ0n) is 16.3. The average molecular weight is 392 g/mol. The maximum absolute atomic E-state index is 13.4. The van der Waals surface area contributed by atoms with Crippen LogP contribution in [0.5, 0.6) is 0 Å². The predicted molar refractivity (Wildman–Crippen MR) is 98.0 cm³/mol. The van der Waals surface area contributed by atoms with Gasteiger partial charge in [-0.05, 0) is 48.5 Å². The molecule has 1 fully saturated rings.